The third kappa shape index (κ3) is 2.75. The molecule has 2 saturated carbocycles. The van der Waals surface area contributed by atoms with Crippen molar-refractivity contribution in [1.82, 2.24) is 0 Å². The van der Waals surface area contributed by atoms with Crippen LogP contribution >= 0.6 is 23.2 Å². The average molecular weight is 295 g/mol. The van der Waals surface area contributed by atoms with Crippen molar-refractivity contribution < 1.29 is 19.1 Å². The molecule has 2 aliphatic carbocycles. The van der Waals surface area contributed by atoms with Crippen molar-refractivity contribution in [3.63, 3.8) is 0 Å². The monoisotopic (exact) mass is 294 g/mol. The van der Waals surface area contributed by atoms with Gasteiger partial charge in [-0.1, -0.05) is 0 Å². The van der Waals surface area contributed by atoms with Crippen LogP contribution in [0.4, 0.5) is 4.79 Å². The van der Waals surface area contributed by atoms with E-state index in [-0.39, 0.29) is 18.0 Å². The van der Waals surface area contributed by atoms with Crippen LogP contribution in [0.25, 0.3) is 0 Å². The minimum atomic E-state index is -0.985. The fourth-order valence-electron chi connectivity index (χ4n) is 2.58. The van der Waals surface area contributed by atoms with Crippen LogP contribution in [0.2, 0.25) is 0 Å². The van der Waals surface area contributed by atoms with Gasteiger partial charge in [-0.05, 0) is 38.5 Å². The van der Waals surface area contributed by atoms with Crippen molar-refractivity contribution >= 4 is 34.6 Å². The fraction of sp³-hybridized carbons (Fsp3) is 0.833. The quantitative estimate of drug-likeness (QED) is 0.454. The first-order chi connectivity index (χ1) is 8.57. The van der Waals surface area contributed by atoms with Gasteiger partial charge in [0.25, 0.3) is 0 Å². The first kappa shape index (κ1) is 13.9. The van der Waals surface area contributed by atoms with E-state index in [4.69, 9.17) is 32.7 Å². The average Bonchev–Trinajstić information content (AvgIpc) is 2.66. The summed E-state index contributed by atoms with van der Waals surface area (Å²) in [6, 6.07) is 0. The minimum absolute atomic E-state index is 0.0258. The van der Waals surface area contributed by atoms with Gasteiger partial charge < -0.3 is 9.47 Å². The molecule has 2 unspecified atom stereocenters. The van der Waals surface area contributed by atoms with E-state index in [2.05, 4.69) is 0 Å². The molecule has 0 saturated heterocycles. The maximum Gasteiger partial charge on any atom is 0.404 e. The molecule has 4 nitrogen and oxygen atoms in total. The van der Waals surface area contributed by atoms with Crippen molar-refractivity contribution in [3.8, 4) is 0 Å². The van der Waals surface area contributed by atoms with Gasteiger partial charge in [-0.25, -0.2) is 4.79 Å². The topological polar surface area (TPSA) is 52.6 Å². The molecule has 2 fully saturated rings. The van der Waals surface area contributed by atoms with Gasteiger partial charge in [0, 0.05) is 11.6 Å². The first-order valence-electron chi connectivity index (χ1n) is 6.22. The van der Waals surface area contributed by atoms with Gasteiger partial charge in [0.05, 0.1) is 11.8 Å². The molecule has 0 amide bonds. The summed E-state index contributed by atoms with van der Waals surface area (Å²) in [5.41, 5.74) is -1.90. The lowest BCUT2D eigenvalue weighted by molar-refractivity contribution is -0.164. The number of esters is 1. The number of alkyl halides is 1. The zero-order valence-corrected chi connectivity index (χ0v) is 11.5. The lowest BCUT2D eigenvalue weighted by Gasteiger charge is -2.33. The summed E-state index contributed by atoms with van der Waals surface area (Å²) in [5.74, 6) is -0.732. The lowest BCUT2D eigenvalue weighted by Crippen LogP contribution is -2.45. The zero-order valence-electron chi connectivity index (χ0n) is 9.99. The summed E-state index contributed by atoms with van der Waals surface area (Å²) in [5, 5.41) is 0. The number of halogens is 2. The second-order valence-corrected chi connectivity index (χ2v) is 5.55. The predicted octanol–water partition coefficient (Wildman–Crippen LogP) is 3.24. The second-order valence-electron chi connectivity index (χ2n) is 4.97. The Kier molecular flexibility index (Phi) is 4.38. The molecular formula is C12H16Cl2O4. The molecule has 0 heterocycles. The number of hydrogen-bond donors (Lipinski definition) is 0. The Balaban J connectivity index is 2.03. The molecule has 2 atom stereocenters. The van der Waals surface area contributed by atoms with Crippen LogP contribution in [-0.4, -0.2) is 29.0 Å². The van der Waals surface area contributed by atoms with Crippen LogP contribution < -0.4 is 0 Å². The van der Waals surface area contributed by atoms with Crippen molar-refractivity contribution in [3.05, 3.63) is 0 Å². The lowest BCUT2D eigenvalue weighted by atomic mass is 9.91. The Morgan fingerprint density at radius 2 is 1.94 bits per heavy atom. The van der Waals surface area contributed by atoms with Crippen molar-refractivity contribution in [2.75, 3.05) is 5.88 Å². The van der Waals surface area contributed by atoms with Gasteiger partial charge >= 0.3 is 11.4 Å². The van der Waals surface area contributed by atoms with Crippen molar-refractivity contribution in [2.45, 2.75) is 50.2 Å². The van der Waals surface area contributed by atoms with Crippen LogP contribution in [0.3, 0.4) is 0 Å². The third-order valence-corrected chi connectivity index (χ3v) is 4.39. The van der Waals surface area contributed by atoms with Crippen molar-refractivity contribution in [1.29, 1.82) is 0 Å². The normalized spacial score (nSPS) is 31.8. The maximum atomic E-state index is 12.1. The SMILES string of the molecule is O=C(Cl)OC1(CCl)CCCC1C(=O)OC1CCC1. The van der Waals surface area contributed by atoms with Crippen LogP contribution in [-0.2, 0) is 14.3 Å². The van der Waals surface area contributed by atoms with Gasteiger partial charge in [-0.2, -0.15) is 0 Å². The number of carbonyl (C=O) groups is 2. The molecule has 18 heavy (non-hydrogen) atoms. The largest absolute Gasteiger partial charge is 0.462 e. The molecule has 0 aromatic rings. The van der Waals surface area contributed by atoms with Crippen LogP contribution in [0, 0.1) is 5.92 Å². The van der Waals surface area contributed by atoms with Gasteiger partial charge in [-0.15, -0.1) is 11.6 Å². The molecule has 0 N–H and O–H groups in total. The highest BCUT2D eigenvalue weighted by Crippen LogP contribution is 2.41. The van der Waals surface area contributed by atoms with E-state index in [1.807, 2.05) is 0 Å². The van der Waals surface area contributed by atoms with Crippen molar-refractivity contribution in [2.24, 2.45) is 5.92 Å². The molecular weight excluding hydrogens is 279 g/mol. The van der Waals surface area contributed by atoms with E-state index >= 15 is 0 Å². The van der Waals surface area contributed by atoms with Crippen LogP contribution in [0.5, 0.6) is 0 Å². The highest BCUT2D eigenvalue weighted by molar-refractivity contribution is 6.61. The summed E-state index contributed by atoms with van der Waals surface area (Å²) >= 11 is 11.2. The molecule has 0 spiro atoms. The smallest absolute Gasteiger partial charge is 0.404 e. The Morgan fingerprint density at radius 3 is 2.44 bits per heavy atom. The number of hydrogen-bond acceptors (Lipinski definition) is 4. The molecule has 102 valence electrons. The summed E-state index contributed by atoms with van der Waals surface area (Å²) in [6.07, 6.45) is 4.92. The summed E-state index contributed by atoms with van der Waals surface area (Å²) in [7, 11) is 0. The molecule has 0 aliphatic heterocycles. The maximum absolute atomic E-state index is 12.1. The van der Waals surface area contributed by atoms with Gasteiger partial charge in [-0.3, -0.25) is 4.79 Å². The Bertz CT molecular complexity index is 343. The van der Waals surface area contributed by atoms with E-state index in [9.17, 15) is 9.59 Å². The van der Waals surface area contributed by atoms with Crippen LogP contribution in [0.1, 0.15) is 38.5 Å². The standard InChI is InChI=1S/C12H16Cl2O4/c13-7-12(18-11(14)16)6-2-5-9(12)10(15)17-8-3-1-4-8/h8-9H,1-7H2. The zero-order chi connectivity index (χ0) is 13.2. The van der Waals surface area contributed by atoms with Gasteiger partial charge in [0.2, 0.25) is 0 Å². The number of rotatable bonds is 4. The Hall–Kier alpha value is -0.480. The molecule has 0 aromatic heterocycles. The molecule has 0 bridgehead atoms. The van der Waals surface area contributed by atoms with E-state index in [1.54, 1.807) is 0 Å². The van der Waals surface area contributed by atoms with E-state index in [0.717, 1.165) is 25.7 Å². The van der Waals surface area contributed by atoms with Crippen LogP contribution in [0.15, 0.2) is 0 Å². The molecule has 2 aliphatic rings. The second kappa shape index (κ2) is 5.66. The summed E-state index contributed by atoms with van der Waals surface area (Å²) in [6.45, 7) is 0. The molecule has 6 heteroatoms. The van der Waals surface area contributed by atoms with Gasteiger partial charge in [0.1, 0.15) is 11.7 Å². The third-order valence-electron chi connectivity index (χ3n) is 3.86. The predicted molar refractivity (Wildman–Crippen MR) is 66.9 cm³/mol. The highest BCUT2D eigenvalue weighted by atomic mass is 35.5. The van der Waals surface area contributed by atoms with E-state index in [1.165, 1.54) is 0 Å². The molecule has 0 radical (unpaired) electrons. The van der Waals surface area contributed by atoms with E-state index in [0.29, 0.717) is 12.8 Å². The highest BCUT2D eigenvalue weighted by Gasteiger charge is 2.50. The number of carbonyl (C=O) groups excluding carboxylic acids is 2. The number of ether oxygens (including phenoxy) is 2. The summed E-state index contributed by atoms with van der Waals surface area (Å²) < 4.78 is 10.5. The minimum Gasteiger partial charge on any atom is -0.462 e. The molecule has 0 aromatic carbocycles. The van der Waals surface area contributed by atoms with E-state index < -0.39 is 16.9 Å². The van der Waals surface area contributed by atoms with Gasteiger partial charge in [0.15, 0.2) is 0 Å². The fourth-order valence-corrected chi connectivity index (χ4v) is 3.11. The molecule has 2 rings (SSSR count). The summed E-state index contributed by atoms with van der Waals surface area (Å²) in [4.78, 5) is 23.0. The Morgan fingerprint density at radius 1 is 1.22 bits per heavy atom. The Labute approximate surface area is 116 Å². The first-order valence-corrected chi connectivity index (χ1v) is 7.13.